The zero-order chi connectivity index (χ0) is 10.6. The first kappa shape index (κ1) is 11.5. The molecule has 0 radical (unpaired) electrons. The molecule has 1 fully saturated rings. The van der Waals surface area contributed by atoms with E-state index in [1.165, 1.54) is 6.42 Å². The van der Waals surface area contributed by atoms with Crippen LogP contribution in [0.1, 0.15) is 45.4 Å². The van der Waals surface area contributed by atoms with Gasteiger partial charge in [-0.25, -0.2) is 0 Å². The molecule has 0 aliphatic heterocycles. The second kappa shape index (κ2) is 4.78. The molecule has 14 heavy (non-hydrogen) atoms. The Balaban J connectivity index is 2.75. The lowest BCUT2D eigenvalue weighted by molar-refractivity contribution is -0.141. The van der Waals surface area contributed by atoms with Gasteiger partial charge in [0.15, 0.2) is 0 Å². The Morgan fingerprint density at radius 1 is 1.57 bits per heavy atom. The van der Waals surface area contributed by atoms with Gasteiger partial charge in [-0.3, -0.25) is 4.79 Å². The Labute approximate surface area is 85.7 Å². The first-order valence-electron chi connectivity index (χ1n) is 5.56. The number of carboxylic acid groups (broad SMARTS) is 1. The van der Waals surface area contributed by atoms with Gasteiger partial charge in [-0.2, -0.15) is 0 Å². The van der Waals surface area contributed by atoms with Gasteiger partial charge in [-0.1, -0.05) is 26.2 Å². The van der Waals surface area contributed by atoms with Crippen LogP contribution in [0.5, 0.6) is 0 Å². The molecule has 0 saturated heterocycles. The van der Waals surface area contributed by atoms with Crippen LogP contribution in [0.4, 0.5) is 0 Å². The molecule has 0 amide bonds. The molecule has 1 saturated carbocycles. The summed E-state index contributed by atoms with van der Waals surface area (Å²) in [6.45, 7) is 2.67. The minimum Gasteiger partial charge on any atom is -0.481 e. The molecule has 3 heteroatoms. The third-order valence-electron chi connectivity index (χ3n) is 3.75. The largest absolute Gasteiger partial charge is 0.481 e. The fourth-order valence-electron chi connectivity index (χ4n) is 2.89. The summed E-state index contributed by atoms with van der Waals surface area (Å²) < 4.78 is 0. The third-order valence-corrected chi connectivity index (χ3v) is 3.75. The molecule has 3 N–H and O–H groups in total. The van der Waals surface area contributed by atoms with Gasteiger partial charge in [-0.05, 0) is 30.7 Å². The third kappa shape index (κ3) is 2.27. The zero-order valence-electron chi connectivity index (χ0n) is 8.96. The summed E-state index contributed by atoms with van der Waals surface area (Å²) >= 11 is 0. The van der Waals surface area contributed by atoms with Crippen LogP contribution in [-0.4, -0.2) is 17.6 Å². The van der Waals surface area contributed by atoms with Crippen molar-refractivity contribution in [3.05, 3.63) is 0 Å². The van der Waals surface area contributed by atoms with E-state index in [-0.39, 0.29) is 11.8 Å². The highest BCUT2D eigenvalue weighted by molar-refractivity contribution is 5.67. The molecule has 1 rings (SSSR count). The smallest absolute Gasteiger partial charge is 0.303 e. The molecule has 3 nitrogen and oxygen atoms in total. The van der Waals surface area contributed by atoms with Crippen molar-refractivity contribution in [2.45, 2.75) is 45.4 Å². The van der Waals surface area contributed by atoms with Crippen LogP contribution in [0, 0.1) is 11.3 Å². The van der Waals surface area contributed by atoms with Gasteiger partial charge in [0.1, 0.15) is 0 Å². The van der Waals surface area contributed by atoms with Crippen LogP contribution in [0.3, 0.4) is 0 Å². The minimum atomic E-state index is -0.698. The molecule has 0 spiro atoms. The summed E-state index contributed by atoms with van der Waals surface area (Å²) in [7, 11) is 0. The molecule has 82 valence electrons. The predicted molar refractivity (Wildman–Crippen MR) is 56.0 cm³/mol. The quantitative estimate of drug-likeness (QED) is 0.728. The first-order chi connectivity index (χ1) is 6.64. The Morgan fingerprint density at radius 2 is 2.29 bits per heavy atom. The normalized spacial score (nSPS) is 32.9. The first-order valence-corrected chi connectivity index (χ1v) is 5.56. The summed E-state index contributed by atoms with van der Waals surface area (Å²) in [5.74, 6) is -0.187. The van der Waals surface area contributed by atoms with Crippen LogP contribution in [0.15, 0.2) is 0 Å². The van der Waals surface area contributed by atoms with Crippen molar-refractivity contribution in [3.8, 4) is 0 Å². The number of carbonyl (C=O) groups is 1. The van der Waals surface area contributed by atoms with Crippen molar-refractivity contribution in [3.63, 3.8) is 0 Å². The number of hydrogen-bond donors (Lipinski definition) is 2. The van der Waals surface area contributed by atoms with E-state index in [1.807, 2.05) is 0 Å². The zero-order valence-corrected chi connectivity index (χ0v) is 8.96. The molecular formula is C11H21NO2. The lowest BCUT2D eigenvalue weighted by Crippen LogP contribution is -2.42. The molecular weight excluding hydrogens is 178 g/mol. The maximum Gasteiger partial charge on any atom is 0.303 e. The Morgan fingerprint density at radius 3 is 2.79 bits per heavy atom. The van der Waals surface area contributed by atoms with E-state index in [0.717, 1.165) is 25.7 Å². The predicted octanol–water partition coefficient (Wildman–Crippen LogP) is 2.01. The summed E-state index contributed by atoms with van der Waals surface area (Å²) in [6, 6.07) is 0. The second-order valence-electron chi connectivity index (χ2n) is 4.49. The molecule has 0 heterocycles. The van der Waals surface area contributed by atoms with E-state index in [4.69, 9.17) is 10.8 Å². The monoisotopic (exact) mass is 199 g/mol. The molecule has 0 aromatic carbocycles. The number of hydrogen-bond acceptors (Lipinski definition) is 2. The summed E-state index contributed by atoms with van der Waals surface area (Å²) in [5, 5.41) is 8.92. The number of rotatable bonds is 4. The number of aliphatic carboxylic acids is 1. The van der Waals surface area contributed by atoms with E-state index in [2.05, 4.69) is 6.92 Å². The minimum absolute atomic E-state index is 0.112. The topological polar surface area (TPSA) is 63.3 Å². The molecule has 1 aliphatic rings. The average molecular weight is 199 g/mol. The van der Waals surface area contributed by atoms with Gasteiger partial charge < -0.3 is 10.8 Å². The lowest BCUT2D eigenvalue weighted by Gasteiger charge is -2.42. The van der Waals surface area contributed by atoms with Gasteiger partial charge >= 0.3 is 5.97 Å². The number of carboxylic acids is 1. The summed E-state index contributed by atoms with van der Waals surface area (Å²) in [4.78, 5) is 10.8. The van der Waals surface area contributed by atoms with Crippen molar-refractivity contribution in [2.24, 2.45) is 17.1 Å². The van der Waals surface area contributed by atoms with E-state index >= 15 is 0 Å². The maximum atomic E-state index is 10.8. The van der Waals surface area contributed by atoms with E-state index in [9.17, 15) is 4.79 Å². The lowest BCUT2D eigenvalue weighted by atomic mass is 9.63. The average Bonchev–Trinajstić information content (AvgIpc) is 2.17. The van der Waals surface area contributed by atoms with Gasteiger partial charge in [0.25, 0.3) is 0 Å². The number of nitrogens with two attached hydrogens (primary N) is 1. The molecule has 0 aromatic heterocycles. The van der Waals surface area contributed by atoms with Gasteiger partial charge in [0.2, 0.25) is 0 Å². The van der Waals surface area contributed by atoms with Gasteiger partial charge in [0.05, 0.1) is 6.42 Å². The molecule has 0 aromatic rings. The fraction of sp³-hybridized carbons (Fsp3) is 0.909. The van der Waals surface area contributed by atoms with Crippen molar-refractivity contribution in [2.75, 3.05) is 6.54 Å². The van der Waals surface area contributed by atoms with Crippen molar-refractivity contribution in [1.82, 2.24) is 0 Å². The van der Waals surface area contributed by atoms with Crippen LogP contribution < -0.4 is 5.73 Å². The van der Waals surface area contributed by atoms with Crippen LogP contribution >= 0.6 is 0 Å². The highest BCUT2D eigenvalue weighted by atomic mass is 16.4. The molecule has 0 bridgehead atoms. The highest BCUT2D eigenvalue weighted by Crippen LogP contribution is 2.44. The van der Waals surface area contributed by atoms with Crippen LogP contribution in [0.2, 0.25) is 0 Å². The summed E-state index contributed by atoms with van der Waals surface area (Å²) in [5.41, 5.74) is 5.68. The van der Waals surface area contributed by atoms with E-state index in [1.54, 1.807) is 0 Å². The van der Waals surface area contributed by atoms with Crippen molar-refractivity contribution >= 4 is 5.97 Å². The highest BCUT2D eigenvalue weighted by Gasteiger charge is 2.40. The van der Waals surface area contributed by atoms with Crippen LogP contribution in [0.25, 0.3) is 0 Å². The standard InChI is InChI=1S/C11H21NO2/c1-2-9-5-3-4-6-11(9,8-12)7-10(13)14/h9H,2-8,12H2,1H3,(H,13,14). The van der Waals surface area contributed by atoms with Crippen molar-refractivity contribution < 1.29 is 9.90 Å². The Bertz CT molecular complexity index is 205. The van der Waals surface area contributed by atoms with E-state index in [0.29, 0.717) is 12.5 Å². The second-order valence-corrected chi connectivity index (χ2v) is 4.49. The van der Waals surface area contributed by atoms with Crippen LogP contribution in [-0.2, 0) is 4.79 Å². The molecule has 2 unspecified atom stereocenters. The Hall–Kier alpha value is -0.570. The SMILES string of the molecule is CCC1CCCCC1(CN)CC(=O)O. The Kier molecular flexibility index (Phi) is 3.93. The van der Waals surface area contributed by atoms with Gasteiger partial charge in [-0.15, -0.1) is 0 Å². The molecule has 2 atom stereocenters. The molecule has 1 aliphatic carbocycles. The maximum absolute atomic E-state index is 10.8. The van der Waals surface area contributed by atoms with Gasteiger partial charge in [0, 0.05) is 0 Å². The van der Waals surface area contributed by atoms with E-state index < -0.39 is 5.97 Å². The van der Waals surface area contributed by atoms with Crippen molar-refractivity contribution in [1.29, 1.82) is 0 Å². The summed E-state index contributed by atoms with van der Waals surface area (Å²) in [6.07, 6.45) is 5.84. The fourth-order valence-corrected chi connectivity index (χ4v) is 2.89.